The summed E-state index contributed by atoms with van der Waals surface area (Å²) < 4.78 is 0. The second-order valence-corrected chi connectivity index (χ2v) is 7.84. The highest BCUT2D eigenvalue weighted by atomic mass is 35.5. The minimum Gasteiger partial charge on any atom is -0.354 e. The van der Waals surface area contributed by atoms with Crippen LogP contribution in [-0.2, 0) is 16.0 Å². The summed E-state index contributed by atoms with van der Waals surface area (Å²) >= 11 is 0. The Bertz CT molecular complexity index is 661. The van der Waals surface area contributed by atoms with E-state index < -0.39 is 0 Å². The van der Waals surface area contributed by atoms with E-state index in [1.807, 2.05) is 23.1 Å². The smallest absolute Gasteiger partial charge is 0.243 e. The summed E-state index contributed by atoms with van der Waals surface area (Å²) in [5.41, 5.74) is 1.05. The molecule has 8 heteroatoms. The predicted molar refractivity (Wildman–Crippen MR) is 113 cm³/mol. The fourth-order valence-corrected chi connectivity index (χ4v) is 4.98. The second kappa shape index (κ2) is 10.4. The van der Waals surface area contributed by atoms with E-state index in [4.69, 9.17) is 0 Å². The van der Waals surface area contributed by atoms with Gasteiger partial charge in [0.2, 0.25) is 11.8 Å². The number of hydrogen-bond acceptors (Lipinski definition) is 4. The first kappa shape index (κ1) is 22.9. The Balaban J connectivity index is 0.00000140. The lowest BCUT2D eigenvalue weighted by Crippen LogP contribution is -2.68. The molecule has 4 rings (SSSR count). The number of carbonyl (C=O) groups excluding carboxylic acids is 2. The molecule has 0 spiro atoms. The van der Waals surface area contributed by atoms with Crippen molar-refractivity contribution in [1.29, 1.82) is 0 Å². The van der Waals surface area contributed by atoms with Crippen LogP contribution in [0.3, 0.4) is 0 Å². The number of aromatic nitrogens is 1. The lowest BCUT2D eigenvalue weighted by molar-refractivity contribution is -0.157. The summed E-state index contributed by atoms with van der Waals surface area (Å²) in [5, 5.41) is 6.57. The highest BCUT2D eigenvalue weighted by molar-refractivity contribution is 5.89. The van der Waals surface area contributed by atoms with Crippen LogP contribution in [0.1, 0.15) is 37.8 Å². The molecule has 3 fully saturated rings. The standard InChI is InChI=1S/C20H28N4O2.2ClH/c25-18-8-3-7-17-14-11-15(13-21-12-14)19(24(17)18)20(26)23-10-4-6-16-5-1-2-9-22-16;;/h1-2,5,9,14-15,17,19,21H,3-4,6-8,10-13H2,(H,23,26);2*1H/t14-,15+,17+,19-;;/m1../s1. The maximum atomic E-state index is 13.0. The summed E-state index contributed by atoms with van der Waals surface area (Å²) in [6.45, 7) is 2.44. The molecule has 0 radical (unpaired) electrons. The highest BCUT2D eigenvalue weighted by Crippen LogP contribution is 2.39. The van der Waals surface area contributed by atoms with Gasteiger partial charge in [-0.2, -0.15) is 0 Å². The van der Waals surface area contributed by atoms with Crippen LogP contribution in [0.5, 0.6) is 0 Å². The molecule has 1 aromatic heterocycles. The summed E-state index contributed by atoms with van der Waals surface area (Å²) in [4.78, 5) is 31.8. The highest BCUT2D eigenvalue weighted by Gasteiger charge is 2.50. The minimum absolute atomic E-state index is 0. The van der Waals surface area contributed by atoms with Crippen molar-refractivity contribution >= 4 is 36.6 Å². The molecule has 4 atom stereocenters. The van der Waals surface area contributed by atoms with E-state index >= 15 is 0 Å². The van der Waals surface area contributed by atoms with Gasteiger partial charge < -0.3 is 15.5 Å². The molecule has 3 aliphatic heterocycles. The molecule has 6 nitrogen and oxygen atoms in total. The van der Waals surface area contributed by atoms with Crippen molar-refractivity contribution < 1.29 is 9.59 Å². The van der Waals surface area contributed by atoms with Crippen molar-refractivity contribution in [3.8, 4) is 0 Å². The van der Waals surface area contributed by atoms with Crippen molar-refractivity contribution in [1.82, 2.24) is 20.5 Å². The van der Waals surface area contributed by atoms with E-state index in [0.717, 1.165) is 50.9 Å². The summed E-state index contributed by atoms with van der Waals surface area (Å²) in [6.07, 6.45) is 7.15. The van der Waals surface area contributed by atoms with Gasteiger partial charge in [-0.25, -0.2) is 0 Å². The Morgan fingerprint density at radius 2 is 2.07 bits per heavy atom. The maximum Gasteiger partial charge on any atom is 0.243 e. The number of hydrogen-bond donors (Lipinski definition) is 2. The zero-order valence-electron chi connectivity index (χ0n) is 16.0. The SMILES string of the molecule is Cl.Cl.O=C(NCCCc1ccccn1)[C@H]1[C@@H]2CNC[C@@H](C2)[C@@H]2CCCC(=O)N21. The molecule has 4 heterocycles. The van der Waals surface area contributed by atoms with Gasteiger partial charge in [0.05, 0.1) is 0 Å². The van der Waals surface area contributed by atoms with Crippen LogP contribution in [0.2, 0.25) is 0 Å². The topological polar surface area (TPSA) is 74.3 Å². The fraction of sp³-hybridized carbons (Fsp3) is 0.650. The molecule has 1 aromatic rings. The van der Waals surface area contributed by atoms with Crippen LogP contribution in [0.4, 0.5) is 0 Å². The number of nitrogens with one attached hydrogen (secondary N) is 2. The van der Waals surface area contributed by atoms with Crippen LogP contribution in [0.15, 0.2) is 24.4 Å². The number of nitrogens with zero attached hydrogens (tertiary/aromatic N) is 2. The molecule has 0 unspecified atom stereocenters. The quantitative estimate of drug-likeness (QED) is 0.702. The van der Waals surface area contributed by atoms with Crippen molar-refractivity contribution in [2.24, 2.45) is 11.8 Å². The number of amides is 2. The van der Waals surface area contributed by atoms with Gasteiger partial charge in [0.1, 0.15) is 6.04 Å². The van der Waals surface area contributed by atoms with Gasteiger partial charge in [-0.05, 0) is 56.7 Å². The Kier molecular flexibility index (Phi) is 8.53. The molecular formula is C20H30Cl2N4O2. The van der Waals surface area contributed by atoms with E-state index in [1.165, 1.54) is 0 Å². The maximum absolute atomic E-state index is 13.0. The number of rotatable bonds is 5. The third kappa shape index (κ3) is 4.78. The van der Waals surface area contributed by atoms with Crippen LogP contribution in [-0.4, -0.2) is 53.4 Å². The largest absolute Gasteiger partial charge is 0.354 e. The Morgan fingerprint density at radius 1 is 1.25 bits per heavy atom. The van der Waals surface area contributed by atoms with E-state index in [-0.39, 0.29) is 54.6 Å². The van der Waals surface area contributed by atoms with Crippen LogP contribution in [0.25, 0.3) is 0 Å². The number of aryl methyl sites for hydroxylation is 1. The summed E-state index contributed by atoms with van der Waals surface area (Å²) in [6, 6.07) is 5.84. The Labute approximate surface area is 179 Å². The first-order valence-corrected chi connectivity index (χ1v) is 9.93. The number of halogens is 2. The van der Waals surface area contributed by atoms with Crippen LogP contribution < -0.4 is 10.6 Å². The van der Waals surface area contributed by atoms with Crippen LogP contribution >= 0.6 is 24.8 Å². The average Bonchev–Trinajstić information content (AvgIpc) is 2.67. The van der Waals surface area contributed by atoms with Gasteiger partial charge in [-0.15, -0.1) is 24.8 Å². The normalized spacial score (nSPS) is 28.4. The fourth-order valence-electron chi connectivity index (χ4n) is 4.98. The molecule has 0 saturated carbocycles. The Hall–Kier alpha value is -1.37. The van der Waals surface area contributed by atoms with Gasteiger partial charge in [-0.1, -0.05) is 6.07 Å². The van der Waals surface area contributed by atoms with Gasteiger partial charge in [0.25, 0.3) is 0 Å². The third-order valence-corrected chi connectivity index (χ3v) is 6.15. The van der Waals surface area contributed by atoms with E-state index in [1.54, 1.807) is 6.20 Å². The van der Waals surface area contributed by atoms with E-state index in [0.29, 0.717) is 18.9 Å². The minimum atomic E-state index is -0.299. The second-order valence-electron chi connectivity index (χ2n) is 7.84. The Morgan fingerprint density at radius 3 is 2.86 bits per heavy atom. The zero-order valence-corrected chi connectivity index (χ0v) is 17.6. The van der Waals surface area contributed by atoms with Gasteiger partial charge in [0.15, 0.2) is 0 Å². The monoisotopic (exact) mass is 428 g/mol. The van der Waals surface area contributed by atoms with E-state index in [9.17, 15) is 9.59 Å². The third-order valence-electron chi connectivity index (χ3n) is 6.15. The van der Waals surface area contributed by atoms with Crippen molar-refractivity contribution in [2.75, 3.05) is 19.6 Å². The van der Waals surface area contributed by atoms with Gasteiger partial charge in [0, 0.05) is 43.4 Å². The molecule has 3 saturated heterocycles. The summed E-state index contributed by atoms with van der Waals surface area (Å²) in [5.74, 6) is 0.943. The van der Waals surface area contributed by atoms with Crippen molar-refractivity contribution in [3.05, 3.63) is 30.1 Å². The van der Waals surface area contributed by atoms with Crippen molar-refractivity contribution in [2.45, 2.75) is 50.6 Å². The first-order chi connectivity index (χ1) is 12.7. The number of pyridine rings is 1. The first-order valence-electron chi connectivity index (χ1n) is 9.93. The molecule has 156 valence electrons. The molecule has 0 aromatic carbocycles. The molecule has 3 aliphatic rings. The molecule has 28 heavy (non-hydrogen) atoms. The lowest BCUT2D eigenvalue weighted by atomic mass is 9.72. The van der Waals surface area contributed by atoms with Crippen LogP contribution in [0, 0.1) is 11.8 Å². The number of fused-ring (bicyclic) bond motifs is 4. The average molecular weight is 429 g/mol. The molecule has 2 N–H and O–H groups in total. The lowest BCUT2D eigenvalue weighted by Gasteiger charge is -2.53. The zero-order chi connectivity index (χ0) is 17.9. The van der Waals surface area contributed by atoms with Crippen molar-refractivity contribution in [3.63, 3.8) is 0 Å². The molecule has 0 aliphatic carbocycles. The number of carbonyl (C=O) groups is 2. The van der Waals surface area contributed by atoms with E-state index in [2.05, 4.69) is 15.6 Å². The molecule has 2 bridgehead atoms. The predicted octanol–water partition coefficient (Wildman–Crippen LogP) is 1.96. The molecule has 2 amide bonds. The summed E-state index contributed by atoms with van der Waals surface area (Å²) in [7, 11) is 0. The molecular weight excluding hydrogens is 399 g/mol. The number of piperidine rings is 3. The van der Waals surface area contributed by atoms with Gasteiger partial charge >= 0.3 is 0 Å². The van der Waals surface area contributed by atoms with Gasteiger partial charge in [-0.3, -0.25) is 14.6 Å².